The zero-order valence-electron chi connectivity index (χ0n) is 11.9. The summed E-state index contributed by atoms with van der Waals surface area (Å²) in [6.45, 7) is 0.0105. The smallest absolute Gasteiger partial charge is 0.492 e. The minimum Gasteiger partial charge on any atom is -0.492 e. The lowest BCUT2D eigenvalue weighted by Gasteiger charge is -2.21. The Labute approximate surface area is 126 Å². The molecule has 22 heavy (non-hydrogen) atoms. The summed E-state index contributed by atoms with van der Waals surface area (Å²) in [5.74, 6) is -1.00. The average molecular weight is 300 g/mol. The van der Waals surface area contributed by atoms with Crippen molar-refractivity contribution in [2.45, 2.75) is 0 Å². The van der Waals surface area contributed by atoms with Gasteiger partial charge in [-0.05, 0) is 7.05 Å². The monoisotopic (exact) mass is 300 g/mol. The first-order chi connectivity index (χ1) is 10.6. The van der Waals surface area contributed by atoms with Crippen LogP contribution in [0, 0.1) is 0 Å². The van der Waals surface area contributed by atoms with Crippen molar-refractivity contribution in [3.8, 4) is 11.3 Å². The molecule has 3 rings (SSSR count). The highest BCUT2D eigenvalue weighted by molar-refractivity contribution is 6.63. The predicted molar refractivity (Wildman–Crippen MR) is 77.0 cm³/mol. The summed E-state index contributed by atoms with van der Waals surface area (Å²) in [5.41, 5.74) is 1.59. The highest BCUT2D eigenvalue weighted by Gasteiger charge is 2.37. The molecule has 8 heteroatoms. The van der Waals surface area contributed by atoms with Gasteiger partial charge in [-0.3, -0.25) is 14.5 Å². The minimum absolute atomic E-state index is 0.00524. The van der Waals surface area contributed by atoms with E-state index in [1.165, 1.54) is 4.90 Å². The van der Waals surface area contributed by atoms with Gasteiger partial charge in [0.25, 0.3) is 0 Å². The first kappa shape index (κ1) is 14.3. The Morgan fingerprint density at radius 1 is 1.09 bits per heavy atom. The van der Waals surface area contributed by atoms with Crippen LogP contribution in [0.2, 0.25) is 0 Å². The van der Waals surface area contributed by atoms with E-state index in [1.807, 2.05) is 30.3 Å². The Balaban J connectivity index is 1.82. The summed E-state index contributed by atoms with van der Waals surface area (Å²) in [5, 5.41) is 3.91. The van der Waals surface area contributed by atoms with E-state index in [0.29, 0.717) is 5.69 Å². The molecule has 1 aromatic heterocycles. The lowest BCUT2D eigenvalue weighted by Crippen LogP contribution is -2.47. The SMILES string of the molecule is CN1CC(=O)OB(c2cc(-c3ccccc3)no2)OC(=O)C1. The second-order valence-corrected chi connectivity index (χ2v) is 4.96. The number of benzene rings is 1. The Bertz CT molecular complexity index is 668. The predicted octanol–water partition coefficient (Wildman–Crippen LogP) is 0.0686. The zero-order chi connectivity index (χ0) is 15.5. The molecule has 1 aromatic carbocycles. The van der Waals surface area contributed by atoms with Gasteiger partial charge in [-0.25, -0.2) is 0 Å². The molecule has 0 spiro atoms. The van der Waals surface area contributed by atoms with E-state index in [0.717, 1.165) is 5.56 Å². The Morgan fingerprint density at radius 3 is 2.36 bits per heavy atom. The molecule has 0 saturated carbocycles. The molecule has 7 nitrogen and oxygen atoms in total. The third-order valence-corrected chi connectivity index (χ3v) is 3.11. The summed E-state index contributed by atoms with van der Waals surface area (Å²) in [4.78, 5) is 24.9. The number of hydrogen-bond donors (Lipinski definition) is 0. The minimum atomic E-state index is -1.21. The van der Waals surface area contributed by atoms with Crippen LogP contribution in [0.3, 0.4) is 0 Å². The van der Waals surface area contributed by atoms with E-state index < -0.39 is 19.1 Å². The topological polar surface area (TPSA) is 81.9 Å². The molecule has 0 atom stereocenters. The lowest BCUT2D eigenvalue weighted by atomic mass is 9.85. The average Bonchev–Trinajstić information content (AvgIpc) is 2.95. The van der Waals surface area contributed by atoms with Crippen molar-refractivity contribution >= 4 is 24.7 Å². The second-order valence-electron chi connectivity index (χ2n) is 4.96. The number of carbonyl (C=O) groups excluding carboxylic acids is 2. The Morgan fingerprint density at radius 2 is 1.73 bits per heavy atom. The van der Waals surface area contributed by atoms with E-state index >= 15 is 0 Å². The van der Waals surface area contributed by atoms with Crippen LogP contribution >= 0.6 is 0 Å². The van der Waals surface area contributed by atoms with Crippen LogP contribution in [0.25, 0.3) is 11.3 Å². The molecule has 0 radical (unpaired) electrons. The summed E-state index contributed by atoms with van der Waals surface area (Å²) in [6, 6.07) is 11.0. The number of aromatic nitrogens is 1. The van der Waals surface area contributed by atoms with Crippen molar-refractivity contribution < 1.29 is 23.4 Å². The van der Waals surface area contributed by atoms with Gasteiger partial charge in [-0.1, -0.05) is 35.5 Å². The molecule has 1 aliphatic rings. The van der Waals surface area contributed by atoms with Crippen LogP contribution in [0.5, 0.6) is 0 Å². The van der Waals surface area contributed by atoms with Crippen LogP contribution in [-0.4, -0.2) is 49.3 Å². The zero-order valence-corrected chi connectivity index (χ0v) is 11.9. The molecule has 2 aromatic rings. The maximum atomic E-state index is 11.7. The van der Waals surface area contributed by atoms with E-state index in [9.17, 15) is 9.59 Å². The van der Waals surface area contributed by atoms with Crippen molar-refractivity contribution in [3.05, 3.63) is 36.4 Å². The van der Waals surface area contributed by atoms with Crippen LogP contribution in [-0.2, 0) is 18.9 Å². The Kier molecular flexibility index (Phi) is 3.93. The van der Waals surface area contributed by atoms with Crippen LogP contribution in [0.4, 0.5) is 0 Å². The largest absolute Gasteiger partial charge is 0.677 e. The van der Waals surface area contributed by atoms with Crippen molar-refractivity contribution in [2.75, 3.05) is 20.1 Å². The van der Waals surface area contributed by atoms with Crippen molar-refractivity contribution in [3.63, 3.8) is 0 Å². The number of likely N-dealkylation sites (N-methyl/N-ethyl adjacent to an activating group) is 1. The highest BCUT2D eigenvalue weighted by atomic mass is 16.6. The van der Waals surface area contributed by atoms with Gasteiger partial charge in [0.05, 0.1) is 13.1 Å². The molecule has 1 fully saturated rings. The summed E-state index contributed by atoms with van der Waals surface area (Å²) >= 11 is 0. The van der Waals surface area contributed by atoms with Gasteiger partial charge >= 0.3 is 19.1 Å². The van der Waals surface area contributed by atoms with Crippen LogP contribution in [0.1, 0.15) is 0 Å². The van der Waals surface area contributed by atoms with E-state index in [2.05, 4.69) is 5.16 Å². The molecule has 0 bridgehead atoms. The lowest BCUT2D eigenvalue weighted by molar-refractivity contribution is -0.145. The molecule has 0 amide bonds. The molecule has 1 aliphatic heterocycles. The third kappa shape index (κ3) is 3.17. The molecule has 112 valence electrons. The van der Waals surface area contributed by atoms with Crippen LogP contribution < -0.4 is 5.66 Å². The van der Waals surface area contributed by atoms with Crippen molar-refractivity contribution in [1.82, 2.24) is 10.1 Å². The molecule has 0 aliphatic carbocycles. The fourth-order valence-corrected chi connectivity index (χ4v) is 2.10. The molecule has 1 saturated heterocycles. The maximum Gasteiger partial charge on any atom is 0.677 e. The van der Waals surface area contributed by atoms with Gasteiger partial charge in [-0.2, -0.15) is 0 Å². The highest BCUT2D eigenvalue weighted by Crippen LogP contribution is 2.15. The van der Waals surface area contributed by atoms with Gasteiger partial charge in [-0.15, -0.1) is 0 Å². The third-order valence-electron chi connectivity index (χ3n) is 3.11. The number of hydrogen-bond acceptors (Lipinski definition) is 7. The number of carbonyl (C=O) groups is 2. The van der Waals surface area contributed by atoms with Crippen molar-refractivity contribution in [2.24, 2.45) is 0 Å². The summed E-state index contributed by atoms with van der Waals surface area (Å²) < 4.78 is 15.4. The molecule has 2 heterocycles. The first-order valence-corrected chi connectivity index (χ1v) is 6.71. The van der Waals surface area contributed by atoms with E-state index in [1.54, 1.807) is 13.1 Å². The van der Waals surface area contributed by atoms with Gasteiger partial charge < -0.3 is 13.8 Å². The maximum absolute atomic E-state index is 11.7. The molecular formula is C14H13BN2O5. The van der Waals surface area contributed by atoms with Gasteiger partial charge in [0.15, 0.2) is 5.66 Å². The normalized spacial score (nSPS) is 16.7. The van der Waals surface area contributed by atoms with Gasteiger partial charge in [0.2, 0.25) is 0 Å². The van der Waals surface area contributed by atoms with E-state index in [-0.39, 0.29) is 18.7 Å². The quantitative estimate of drug-likeness (QED) is 0.726. The molecule has 0 N–H and O–H groups in total. The van der Waals surface area contributed by atoms with Crippen molar-refractivity contribution in [1.29, 1.82) is 0 Å². The molecule has 0 unspecified atom stereocenters. The van der Waals surface area contributed by atoms with E-state index in [4.69, 9.17) is 13.8 Å². The summed E-state index contributed by atoms with van der Waals surface area (Å²) in [6.07, 6.45) is 0. The Hall–Kier alpha value is -2.61. The second kappa shape index (κ2) is 6.02. The fourth-order valence-electron chi connectivity index (χ4n) is 2.10. The van der Waals surface area contributed by atoms with Gasteiger partial charge in [0, 0.05) is 11.6 Å². The standard InChI is InChI=1S/C14H13BN2O5/c1-17-8-13(18)20-15(21-14(19)9-17)12-7-11(16-22-12)10-5-3-2-4-6-10/h2-7H,8-9H2,1H3. The molecular weight excluding hydrogens is 287 g/mol. The summed E-state index contributed by atoms with van der Waals surface area (Å²) in [7, 11) is 0.420. The number of rotatable bonds is 2. The fraction of sp³-hybridized carbons (Fsp3) is 0.214. The first-order valence-electron chi connectivity index (χ1n) is 6.71. The van der Waals surface area contributed by atoms with Gasteiger partial charge in [0.1, 0.15) is 5.69 Å². The number of nitrogens with zero attached hydrogens (tertiary/aromatic N) is 2. The van der Waals surface area contributed by atoms with Crippen LogP contribution in [0.15, 0.2) is 40.9 Å².